The summed E-state index contributed by atoms with van der Waals surface area (Å²) in [5, 5.41) is 0. The van der Waals surface area contributed by atoms with Gasteiger partial charge in [0.05, 0.1) is 0 Å². The summed E-state index contributed by atoms with van der Waals surface area (Å²) in [6.07, 6.45) is 3.87. The van der Waals surface area contributed by atoms with Crippen molar-refractivity contribution in [2.45, 2.75) is 66.0 Å². The van der Waals surface area contributed by atoms with E-state index < -0.39 is 0 Å². The summed E-state index contributed by atoms with van der Waals surface area (Å²) in [6.45, 7) is 17.9. The Hall–Kier alpha value is -0.120. The molecule has 124 valence electrons. The van der Waals surface area contributed by atoms with Crippen LogP contribution in [0.5, 0.6) is 0 Å². The van der Waals surface area contributed by atoms with E-state index in [1.807, 2.05) is 0 Å². The number of rotatable bonds is 3. The van der Waals surface area contributed by atoms with Gasteiger partial charge >= 0.3 is 0 Å². The summed E-state index contributed by atoms with van der Waals surface area (Å²) in [5.74, 6) is 1.54. The van der Waals surface area contributed by atoms with Gasteiger partial charge in [0, 0.05) is 38.3 Å². The Morgan fingerprint density at radius 1 is 1.14 bits per heavy atom. The Bertz CT molecular complexity index is 323. The van der Waals surface area contributed by atoms with Crippen molar-refractivity contribution in [3.63, 3.8) is 0 Å². The summed E-state index contributed by atoms with van der Waals surface area (Å²) in [4.78, 5) is 5.27. The van der Waals surface area contributed by atoms with Gasteiger partial charge in [0.25, 0.3) is 0 Å². The topological polar surface area (TPSA) is 32.5 Å². The summed E-state index contributed by atoms with van der Waals surface area (Å²) < 4.78 is 0. The molecule has 1 aliphatic carbocycles. The maximum atomic E-state index is 6.45. The van der Waals surface area contributed by atoms with E-state index >= 15 is 0 Å². The average Bonchev–Trinajstić information content (AvgIpc) is 2.40. The molecule has 0 amide bonds. The second kappa shape index (κ2) is 6.97. The summed E-state index contributed by atoms with van der Waals surface area (Å²) in [5.41, 5.74) is 6.89. The van der Waals surface area contributed by atoms with Crippen molar-refractivity contribution in [2.24, 2.45) is 23.0 Å². The van der Waals surface area contributed by atoms with E-state index in [-0.39, 0.29) is 0 Å². The molecule has 0 bridgehead atoms. The molecule has 2 rings (SSSR count). The van der Waals surface area contributed by atoms with Crippen LogP contribution in [0.4, 0.5) is 0 Å². The minimum absolute atomic E-state index is 0.420. The molecule has 4 unspecified atom stereocenters. The highest BCUT2D eigenvalue weighted by atomic mass is 15.3. The first-order valence-corrected chi connectivity index (χ1v) is 9.03. The zero-order chi connectivity index (χ0) is 15.6. The van der Waals surface area contributed by atoms with Crippen LogP contribution < -0.4 is 5.73 Å². The summed E-state index contributed by atoms with van der Waals surface area (Å²) in [6, 6.07) is 1.12. The van der Waals surface area contributed by atoms with Crippen LogP contribution >= 0.6 is 0 Å². The molecule has 0 radical (unpaired) electrons. The van der Waals surface area contributed by atoms with Crippen LogP contribution in [0, 0.1) is 17.3 Å². The Balaban J connectivity index is 1.89. The van der Waals surface area contributed by atoms with Gasteiger partial charge in [-0.3, -0.25) is 4.90 Å². The predicted molar refractivity (Wildman–Crippen MR) is 91.4 cm³/mol. The van der Waals surface area contributed by atoms with Crippen molar-refractivity contribution in [1.82, 2.24) is 9.80 Å². The van der Waals surface area contributed by atoms with Gasteiger partial charge in [-0.05, 0) is 50.0 Å². The molecule has 0 aromatic rings. The van der Waals surface area contributed by atoms with Gasteiger partial charge < -0.3 is 10.6 Å². The third-order valence-corrected chi connectivity index (χ3v) is 6.01. The lowest BCUT2D eigenvalue weighted by molar-refractivity contribution is 0.0512. The number of nitrogens with zero attached hydrogens (tertiary/aromatic N) is 2. The zero-order valence-corrected chi connectivity index (χ0v) is 14.9. The number of hydrogen-bond acceptors (Lipinski definition) is 3. The molecule has 0 spiro atoms. The number of piperazine rings is 1. The number of nitrogens with two attached hydrogens (primary N) is 1. The number of likely N-dealkylation sites (N-methyl/N-ethyl adjacent to an activating group) is 1. The van der Waals surface area contributed by atoms with Crippen molar-refractivity contribution < 1.29 is 0 Å². The SMILES string of the molecule is CCN1CCN(CC2CC(C(C)(C)C)CCC2N)CC1C. The molecule has 2 fully saturated rings. The molecule has 2 N–H and O–H groups in total. The van der Waals surface area contributed by atoms with Gasteiger partial charge in [-0.1, -0.05) is 27.7 Å². The minimum Gasteiger partial charge on any atom is -0.327 e. The first-order chi connectivity index (χ1) is 9.81. The van der Waals surface area contributed by atoms with Crippen LogP contribution in [-0.4, -0.2) is 54.6 Å². The van der Waals surface area contributed by atoms with E-state index in [0.717, 1.165) is 5.92 Å². The van der Waals surface area contributed by atoms with Crippen molar-refractivity contribution >= 4 is 0 Å². The third-order valence-electron chi connectivity index (χ3n) is 6.01. The third kappa shape index (κ3) is 4.43. The molecular weight excluding hydrogens is 258 g/mol. The molecule has 4 atom stereocenters. The van der Waals surface area contributed by atoms with Gasteiger partial charge in [0.15, 0.2) is 0 Å². The first-order valence-electron chi connectivity index (χ1n) is 9.03. The Kier molecular flexibility index (Phi) is 5.72. The van der Waals surface area contributed by atoms with E-state index in [1.165, 1.54) is 52.0 Å². The van der Waals surface area contributed by atoms with Gasteiger partial charge in [0.1, 0.15) is 0 Å². The highest BCUT2D eigenvalue weighted by Crippen LogP contribution is 2.40. The Morgan fingerprint density at radius 2 is 1.86 bits per heavy atom. The van der Waals surface area contributed by atoms with Gasteiger partial charge in [-0.25, -0.2) is 0 Å². The van der Waals surface area contributed by atoms with E-state index in [4.69, 9.17) is 5.73 Å². The molecule has 3 heteroatoms. The van der Waals surface area contributed by atoms with Crippen molar-refractivity contribution in [1.29, 1.82) is 0 Å². The molecule has 1 aliphatic heterocycles. The van der Waals surface area contributed by atoms with Gasteiger partial charge in [-0.2, -0.15) is 0 Å². The predicted octanol–water partition coefficient (Wildman–Crippen LogP) is 2.80. The molecule has 21 heavy (non-hydrogen) atoms. The highest BCUT2D eigenvalue weighted by Gasteiger charge is 2.35. The van der Waals surface area contributed by atoms with Crippen LogP contribution in [0.2, 0.25) is 0 Å². The van der Waals surface area contributed by atoms with Crippen LogP contribution in [0.3, 0.4) is 0 Å². The maximum Gasteiger partial charge on any atom is 0.0195 e. The molecule has 1 saturated carbocycles. The van der Waals surface area contributed by atoms with Crippen LogP contribution in [0.15, 0.2) is 0 Å². The fourth-order valence-corrected chi connectivity index (χ4v) is 4.32. The lowest BCUT2D eigenvalue weighted by atomic mass is 9.67. The van der Waals surface area contributed by atoms with Crippen LogP contribution in [-0.2, 0) is 0 Å². The molecular formula is C18H37N3. The molecule has 2 aliphatic rings. The lowest BCUT2D eigenvalue weighted by Gasteiger charge is -2.45. The highest BCUT2D eigenvalue weighted by molar-refractivity contribution is 4.90. The zero-order valence-electron chi connectivity index (χ0n) is 14.9. The van der Waals surface area contributed by atoms with Crippen molar-refractivity contribution in [2.75, 3.05) is 32.7 Å². The molecule has 0 aromatic heterocycles. The van der Waals surface area contributed by atoms with Gasteiger partial charge in [0.2, 0.25) is 0 Å². The molecule has 3 nitrogen and oxygen atoms in total. The average molecular weight is 296 g/mol. The second-order valence-corrected chi connectivity index (χ2v) is 8.54. The molecule has 1 heterocycles. The fraction of sp³-hybridized carbons (Fsp3) is 1.00. The quantitative estimate of drug-likeness (QED) is 0.869. The van der Waals surface area contributed by atoms with Crippen molar-refractivity contribution in [3.8, 4) is 0 Å². The van der Waals surface area contributed by atoms with E-state index in [1.54, 1.807) is 0 Å². The van der Waals surface area contributed by atoms with E-state index in [2.05, 4.69) is 44.4 Å². The largest absolute Gasteiger partial charge is 0.327 e. The normalized spacial score (nSPS) is 36.9. The summed E-state index contributed by atoms with van der Waals surface area (Å²) in [7, 11) is 0. The smallest absolute Gasteiger partial charge is 0.0195 e. The van der Waals surface area contributed by atoms with E-state index in [0.29, 0.717) is 23.4 Å². The molecule has 1 saturated heterocycles. The van der Waals surface area contributed by atoms with Crippen LogP contribution in [0.1, 0.15) is 53.9 Å². The summed E-state index contributed by atoms with van der Waals surface area (Å²) >= 11 is 0. The van der Waals surface area contributed by atoms with Gasteiger partial charge in [-0.15, -0.1) is 0 Å². The second-order valence-electron chi connectivity index (χ2n) is 8.54. The van der Waals surface area contributed by atoms with E-state index in [9.17, 15) is 0 Å². The number of hydrogen-bond donors (Lipinski definition) is 1. The Morgan fingerprint density at radius 3 is 2.43 bits per heavy atom. The van der Waals surface area contributed by atoms with Crippen LogP contribution in [0.25, 0.3) is 0 Å². The standard InChI is InChI=1S/C18H37N3/c1-6-21-10-9-20(12-14(21)2)13-15-11-16(18(3,4)5)7-8-17(15)19/h14-17H,6-13,19H2,1-5H3. The minimum atomic E-state index is 0.420. The Labute approximate surface area is 132 Å². The first kappa shape index (κ1) is 17.2. The monoisotopic (exact) mass is 295 g/mol. The van der Waals surface area contributed by atoms with Crippen molar-refractivity contribution in [3.05, 3.63) is 0 Å². The maximum absolute atomic E-state index is 6.45. The fourth-order valence-electron chi connectivity index (χ4n) is 4.32. The lowest BCUT2D eigenvalue weighted by Crippen LogP contribution is -2.54. The molecule has 0 aromatic carbocycles.